The van der Waals surface area contributed by atoms with Crippen molar-refractivity contribution >= 4 is 17.3 Å². The van der Waals surface area contributed by atoms with Crippen LogP contribution < -0.4 is 10.6 Å². The van der Waals surface area contributed by atoms with E-state index in [1.165, 1.54) is 0 Å². The lowest BCUT2D eigenvalue weighted by Gasteiger charge is -2.36. The number of halogens is 1. The molecule has 0 saturated carbocycles. The molecule has 1 aliphatic heterocycles. The highest BCUT2D eigenvalue weighted by molar-refractivity contribution is 7.80. The van der Waals surface area contributed by atoms with Crippen LogP contribution in [0.1, 0.15) is 13.3 Å². The molecule has 1 aliphatic rings. The highest BCUT2D eigenvalue weighted by atomic mass is 32.1. The van der Waals surface area contributed by atoms with E-state index >= 15 is 0 Å². The number of aliphatic hydroxyl groups is 1. The number of ether oxygens (including phenoxy) is 1. The van der Waals surface area contributed by atoms with E-state index in [-0.39, 0.29) is 6.61 Å². The van der Waals surface area contributed by atoms with Crippen molar-refractivity contribution in [3.05, 3.63) is 0 Å². The maximum Gasteiger partial charge on any atom is 0.166 e. The second-order valence-electron chi connectivity index (χ2n) is 3.55. The van der Waals surface area contributed by atoms with E-state index in [1.54, 1.807) is 7.05 Å². The van der Waals surface area contributed by atoms with Crippen LogP contribution in [-0.4, -0.2) is 48.3 Å². The van der Waals surface area contributed by atoms with Crippen LogP contribution >= 0.6 is 12.2 Å². The predicted molar refractivity (Wildman–Crippen MR) is 59.5 cm³/mol. The van der Waals surface area contributed by atoms with Crippen LogP contribution in [0.5, 0.6) is 0 Å². The summed E-state index contributed by atoms with van der Waals surface area (Å²) in [6, 6.07) is -0.581. The fourth-order valence-electron chi connectivity index (χ4n) is 1.58. The van der Waals surface area contributed by atoms with Gasteiger partial charge in [0.1, 0.15) is 6.10 Å². The lowest BCUT2D eigenvalue weighted by atomic mass is 9.98. The first-order valence-electron chi connectivity index (χ1n) is 5.02. The minimum Gasteiger partial charge on any atom is -0.387 e. The topological polar surface area (TPSA) is 53.5 Å². The fourth-order valence-corrected chi connectivity index (χ4v) is 1.73. The van der Waals surface area contributed by atoms with E-state index in [4.69, 9.17) is 17.0 Å². The van der Waals surface area contributed by atoms with Crippen molar-refractivity contribution < 1.29 is 14.2 Å². The summed E-state index contributed by atoms with van der Waals surface area (Å²) in [4.78, 5) is 0. The molecule has 88 valence electrons. The molecule has 1 saturated heterocycles. The van der Waals surface area contributed by atoms with Crippen molar-refractivity contribution in [2.75, 3.05) is 13.7 Å². The van der Waals surface area contributed by atoms with Crippen molar-refractivity contribution in [3.8, 4) is 0 Å². The Balaban J connectivity index is 2.52. The minimum absolute atomic E-state index is 0.221. The molecule has 4 nitrogen and oxygen atoms in total. The summed E-state index contributed by atoms with van der Waals surface area (Å²) in [7, 11) is 1.65. The summed E-state index contributed by atoms with van der Waals surface area (Å²) in [5, 5.41) is 15.4. The normalized spacial score (nSPS) is 36.0. The number of rotatable bonds is 2. The molecule has 0 aromatic rings. The molecule has 1 fully saturated rings. The van der Waals surface area contributed by atoms with Gasteiger partial charge in [-0.1, -0.05) is 6.92 Å². The van der Waals surface area contributed by atoms with E-state index in [1.807, 2.05) is 6.92 Å². The number of alkyl halides is 1. The van der Waals surface area contributed by atoms with Crippen LogP contribution in [0.2, 0.25) is 0 Å². The van der Waals surface area contributed by atoms with Gasteiger partial charge in [-0.25, -0.2) is 4.39 Å². The van der Waals surface area contributed by atoms with Gasteiger partial charge < -0.3 is 20.5 Å². The molecule has 0 bridgehead atoms. The summed E-state index contributed by atoms with van der Waals surface area (Å²) in [5.74, 6) is 0. The van der Waals surface area contributed by atoms with E-state index < -0.39 is 24.4 Å². The quantitative estimate of drug-likeness (QED) is 0.587. The summed E-state index contributed by atoms with van der Waals surface area (Å²) >= 11 is 4.86. The molecule has 0 aromatic carbocycles. The van der Waals surface area contributed by atoms with Gasteiger partial charge in [0.2, 0.25) is 0 Å². The van der Waals surface area contributed by atoms with Crippen LogP contribution in [-0.2, 0) is 4.74 Å². The lowest BCUT2D eigenvalue weighted by molar-refractivity contribution is -0.125. The number of aliphatic hydroxyl groups excluding tert-OH is 1. The zero-order valence-corrected chi connectivity index (χ0v) is 9.68. The molecule has 6 heteroatoms. The summed E-state index contributed by atoms with van der Waals surface area (Å²) < 4.78 is 19.0. The van der Waals surface area contributed by atoms with E-state index in [9.17, 15) is 9.50 Å². The molecular weight excluding hydrogens is 219 g/mol. The van der Waals surface area contributed by atoms with Crippen molar-refractivity contribution in [1.82, 2.24) is 10.6 Å². The van der Waals surface area contributed by atoms with Gasteiger partial charge in [-0.3, -0.25) is 0 Å². The molecule has 0 spiro atoms. The van der Waals surface area contributed by atoms with Crippen LogP contribution in [0, 0.1) is 0 Å². The first-order chi connectivity index (χ1) is 7.10. The third kappa shape index (κ3) is 2.99. The largest absolute Gasteiger partial charge is 0.387 e. The lowest BCUT2D eigenvalue weighted by Crippen LogP contribution is -2.58. The SMILES string of the molecule is CCC1OCC(NC(=S)NC)C(F)C1O. The van der Waals surface area contributed by atoms with E-state index in [2.05, 4.69) is 10.6 Å². The van der Waals surface area contributed by atoms with Crippen LogP contribution in [0.25, 0.3) is 0 Å². The number of hydrogen-bond acceptors (Lipinski definition) is 3. The third-order valence-electron chi connectivity index (χ3n) is 2.53. The second kappa shape index (κ2) is 5.58. The number of thiocarbonyl (C=S) groups is 1. The molecular formula is C9H17FN2O2S. The zero-order chi connectivity index (χ0) is 11.4. The summed E-state index contributed by atoms with van der Waals surface area (Å²) in [5.41, 5.74) is 0. The van der Waals surface area contributed by atoms with E-state index in [0.29, 0.717) is 11.5 Å². The smallest absolute Gasteiger partial charge is 0.166 e. The Bertz CT molecular complexity index is 230. The molecule has 4 atom stereocenters. The molecule has 0 radical (unpaired) electrons. The Morgan fingerprint density at radius 1 is 1.67 bits per heavy atom. The van der Waals surface area contributed by atoms with Gasteiger partial charge in [0, 0.05) is 7.05 Å². The fraction of sp³-hybridized carbons (Fsp3) is 0.889. The standard InChI is InChI=1S/C9H17FN2O2S/c1-3-6-8(13)7(10)5(4-14-6)12-9(15)11-2/h5-8,13H,3-4H2,1-2H3,(H2,11,12,15). The van der Waals surface area contributed by atoms with E-state index in [0.717, 1.165) is 0 Å². The zero-order valence-electron chi connectivity index (χ0n) is 8.87. The predicted octanol–water partition coefficient (Wildman–Crippen LogP) is -0.0433. The van der Waals surface area contributed by atoms with Crippen molar-refractivity contribution in [2.45, 2.75) is 37.8 Å². The van der Waals surface area contributed by atoms with Crippen molar-refractivity contribution in [3.63, 3.8) is 0 Å². The van der Waals surface area contributed by atoms with Crippen molar-refractivity contribution in [2.24, 2.45) is 0 Å². The Kier molecular flexibility index (Phi) is 4.69. The van der Waals surface area contributed by atoms with Gasteiger partial charge in [-0.05, 0) is 18.6 Å². The van der Waals surface area contributed by atoms with Crippen LogP contribution in [0.4, 0.5) is 4.39 Å². The van der Waals surface area contributed by atoms with Gasteiger partial charge in [0.05, 0.1) is 18.8 Å². The first-order valence-corrected chi connectivity index (χ1v) is 5.43. The molecule has 0 aromatic heterocycles. The summed E-state index contributed by atoms with van der Waals surface area (Å²) in [6.07, 6.45) is -2.25. The maximum absolute atomic E-state index is 13.7. The average Bonchev–Trinajstić information content (AvgIpc) is 2.25. The van der Waals surface area contributed by atoms with Crippen LogP contribution in [0.15, 0.2) is 0 Å². The molecule has 0 amide bonds. The molecule has 3 N–H and O–H groups in total. The average molecular weight is 236 g/mol. The minimum atomic E-state index is -1.35. The van der Waals surface area contributed by atoms with Crippen LogP contribution in [0.3, 0.4) is 0 Å². The molecule has 1 rings (SSSR count). The van der Waals surface area contributed by atoms with Gasteiger partial charge in [-0.2, -0.15) is 0 Å². The van der Waals surface area contributed by atoms with Gasteiger partial charge in [0.15, 0.2) is 11.3 Å². The highest BCUT2D eigenvalue weighted by Crippen LogP contribution is 2.20. The first kappa shape index (κ1) is 12.6. The Labute approximate surface area is 94.2 Å². The maximum atomic E-state index is 13.7. The monoisotopic (exact) mass is 236 g/mol. The molecule has 15 heavy (non-hydrogen) atoms. The molecule has 1 heterocycles. The Morgan fingerprint density at radius 3 is 2.87 bits per heavy atom. The Hall–Kier alpha value is -0.460. The molecule has 4 unspecified atom stereocenters. The van der Waals surface area contributed by atoms with Gasteiger partial charge >= 0.3 is 0 Å². The highest BCUT2D eigenvalue weighted by Gasteiger charge is 2.39. The Morgan fingerprint density at radius 2 is 2.33 bits per heavy atom. The molecule has 0 aliphatic carbocycles. The van der Waals surface area contributed by atoms with Crippen molar-refractivity contribution in [1.29, 1.82) is 0 Å². The number of hydrogen-bond donors (Lipinski definition) is 3. The van der Waals surface area contributed by atoms with Gasteiger partial charge in [0.25, 0.3) is 0 Å². The van der Waals surface area contributed by atoms with Gasteiger partial charge in [-0.15, -0.1) is 0 Å². The summed E-state index contributed by atoms with van der Waals surface area (Å²) in [6.45, 7) is 2.07. The second-order valence-corrected chi connectivity index (χ2v) is 3.95. The third-order valence-corrected chi connectivity index (χ3v) is 2.85. The number of nitrogens with one attached hydrogen (secondary N) is 2.